The SMILES string of the molecule is CCOc1ccc(N[C@H](c2ccccc2)P2(=O)OCC(C)(C)CO2)cc1. The lowest BCUT2D eigenvalue weighted by Crippen LogP contribution is -2.31. The minimum atomic E-state index is -3.36. The molecule has 0 bridgehead atoms. The van der Waals surface area contributed by atoms with Crippen LogP contribution in [0.3, 0.4) is 0 Å². The Balaban J connectivity index is 1.86. The van der Waals surface area contributed by atoms with Crippen LogP contribution >= 0.6 is 7.60 Å². The number of nitrogens with one attached hydrogen (secondary N) is 1. The maximum Gasteiger partial charge on any atom is 0.357 e. The molecule has 1 saturated heterocycles. The normalized spacial score (nSPS) is 19.5. The van der Waals surface area contributed by atoms with Crippen LogP contribution in [-0.4, -0.2) is 19.8 Å². The molecule has 5 nitrogen and oxygen atoms in total. The van der Waals surface area contributed by atoms with Crippen molar-refractivity contribution in [2.24, 2.45) is 5.41 Å². The second-order valence-corrected chi connectivity index (χ2v) is 9.28. The Morgan fingerprint density at radius 1 is 1.08 bits per heavy atom. The van der Waals surface area contributed by atoms with Crippen molar-refractivity contribution < 1.29 is 18.3 Å². The van der Waals surface area contributed by atoms with Gasteiger partial charge in [0.05, 0.1) is 19.8 Å². The van der Waals surface area contributed by atoms with Crippen LogP contribution < -0.4 is 10.1 Å². The first-order chi connectivity index (χ1) is 12.4. The Bertz CT molecular complexity index is 747. The van der Waals surface area contributed by atoms with Crippen molar-refractivity contribution in [1.82, 2.24) is 0 Å². The Labute approximate surface area is 155 Å². The maximum absolute atomic E-state index is 13.5. The first kappa shape index (κ1) is 19.0. The Morgan fingerprint density at radius 2 is 1.69 bits per heavy atom. The van der Waals surface area contributed by atoms with Crippen LogP contribution in [0.15, 0.2) is 54.6 Å². The quantitative estimate of drug-likeness (QED) is 0.679. The van der Waals surface area contributed by atoms with E-state index < -0.39 is 13.4 Å². The van der Waals surface area contributed by atoms with Gasteiger partial charge >= 0.3 is 7.60 Å². The minimum Gasteiger partial charge on any atom is -0.494 e. The van der Waals surface area contributed by atoms with Gasteiger partial charge in [-0.3, -0.25) is 4.57 Å². The zero-order chi connectivity index (χ0) is 18.6. The molecule has 0 spiro atoms. The van der Waals surface area contributed by atoms with Gasteiger partial charge in [0.15, 0.2) is 5.78 Å². The van der Waals surface area contributed by atoms with Gasteiger partial charge in [0.1, 0.15) is 5.75 Å². The topological polar surface area (TPSA) is 56.8 Å². The molecule has 6 heteroatoms. The van der Waals surface area contributed by atoms with Crippen LogP contribution in [-0.2, 0) is 13.6 Å². The summed E-state index contributed by atoms with van der Waals surface area (Å²) in [6, 6.07) is 17.2. The summed E-state index contributed by atoms with van der Waals surface area (Å²) in [5.74, 6) is 0.227. The van der Waals surface area contributed by atoms with Crippen LogP contribution in [0.5, 0.6) is 5.75 Å². The smallest absolute Gasteiger partial charge is 0.357 e. The third-order valence-corrected chi connectivity index (χ3v) is 6.21. The van der Waals surface area contributed by atoms with E-state index in [1.54, 1.807) is 0 Å². The van der Waals surface area contributed by atoms with Crippen molar-refractivity contribution in [3.8, 4) is 5.75 Å². The predicted molar refractivity (Wildman–Crippen MR) is 104 cm³/mol. The average molecular weight is 375 g/mol. The summed E-state index contributed by atoms with van der Waals surface area (Å²) < 4.78 is 30.5. The van der Waals surface area contributed by atoms with E-state index >= 15 is 0 Å². The molecule has 2 aromatic carbocycles. The first-order valence-electron chi connectivity index (χ1n) is 8.85. The molecule has 2 aromatic rings. The van der Waals surface area contributed by atoms with Gasteiger partial charge in [-0.25, -0.2) is 0 Å². The summed E-state index contributed by atoms with van der Waals surface area (Å²) in [6.07, 6.45) is 0. The molecule has 0 saturated carbocycles. The van der Waals surface area contributed by atoms with Gasteiger partial charge in [-0.2, -0.15) is 0 Å². The van der Waals surface area contributed by atoms with Gasteiger partial charge in [-0.15, -0.1) is 0 Å². The van der Waals surface area contributed by atoms with Crippen LogP contribution in [0, 0.1) is 5.41 Å². The van der Waals surface area contributed by atoms with Crippen LogP contribution in [0.25, 0.3) is 0 Å². The maximum atomic E-state index is 13.5. The van der Waals surface area contributed by atoms with Crippen molar-refractivity contribution in [3.63, 3.8) is 0 Å². The molecular formula is C20H26NO4P. The molecule has 0 aliphatic carbocycles. The van der Waals surface area contributed by atoms with E-state index in [0.29, 0.717) is 19.8 Å². The molecule has 1 heterocycles. The number of rotatable bonds is 6. The fourth-order valence-corrected chi connectivity index (χ4v) is 4.99. The van der Waals surface area contributed by atoms with Gasteiger partial charge in [-0.1, -0.05) is 44.2 Å². The van der Waals surface area contributed by atoms with E-state index in [2.05, 4.69) is 5.32 Å². The standard InChI is InChI=1S/C20H26NO4P/c1-4-23-18-12-10-17(11-13-18)21-19(16-8-6-5-7-9-16)26(22)24-14-20(2,3)15-25-26/h5-13,19,21H,4,14-15H2,1-3H3/t19-/m0/s1. The summed E-state index contributed by atoms with van der Waals surface area (Å²) in [6.45, 7) is 7.44. The summed E-state index contributed by atoms with van der Waals surface area (Å²) >= 11 is 0. The van der Waals surface area contributed by atoms with Crippen molar-refractivity contribution in [3.05, 3.63) is 60.2 Å². The molecule has 1 atom stereocenters. The molecule has 1 fully saturated rings. The van der Waals surface area contributed by atoms with Gasteiger partial charge in [-0.05, 0) is 36.8 Å². The highest BCUT2D eigenvalue weighted by atomic mass is 31.2. The predicted octanol–water partition coefficient (Wildman–Crippen LogP) is 5.46. The highest BCUT2D eigenvalue weighted by molar-refractivity contribution is 7.54. The summed E-state index contributed by atoms with van der Waals surface area (Å²) in [5.41, 5.74) is 1.55. The molecule has 140 valence electrons. The van der Waals surface area contributed by atoms with Gasteiger partial charge in [0.25, 0.3) is 0 Å². The molecule has 1 aliphatic rings. The number of anilines is 1. The zero-order valence-corrected chi connectivity index (χ0v) is 16.4. The first-order valence-corrected chi connectivity index (χ1v) is 10.5. The zero-order valence-electron chi connectivity index (χ0n) is 15.5. The van der Waals surface area contributed by atoms with Gasteiger partial charge in [0, 0.05) is 11.1 Å². The van der Waals surface area contributed by atoms with E-state index in [-0.39, 0.29) is 5.41 Å². The van der Waals surface area contributed by atoms with Crippen LogP contribution in [0.1, 0.15) is 32.1 Å². The fraction of sp³-hybridized carbons (Fsp3) is 0.400. The second kappa shape index (κ2) is 7.83. The van der Waals surface area contributed by atoms with Crippen molar-refractivity contribution >= 4 is 13.3 Å². The van der Waals surface area contributed by atoms with Crippen molar-refractivity contribution in [2.75, 3.05) is 25.1 Å². The Morgan fingerprint density at radius 3 is 2.27 bits per heavy atom. The number of benzene rings is 2. The number of ether oxygens (including phenoxy) is 1. The number of hydrogen-bond acceptors (Lipinski definition) is 5. The van der Waals surface area contributed by atoms with E-state index in [9.17, 15) is 4.57 Å². The lowest BCUT2D eigenvalue weighted by molar-refractivity contribution is 0.0387. The monoisotopic (exact) mass is 375 g/mol. The van der Waals surface area contributed by atoms with Crippen molar-refractivity contribution in [1.29, 1.82) is 0 Å². The third kappa shape index (κ3) is 4.47. The van der Waals surface area contributed by atoms with E-state index in [1.807, 2.05) is 75.4 Å². The molecular weight excluding hydrogens is 349 g/mol. The van der Waals surface area contributed by atoms with E-state index in [1.165, 1.54) is 0 Å². The van der Waals surface area contributed by atoms with Crippen LogP contribution in [0.4, 0.5) is 5.69 Å². The molecule has 0 unspecified atom stereocenters. The minimum absolute atomic E-state index is 0.145. The van der Waals surface area contributed by atoms with E-state index in [4.69, 9.17) is 13.8 Å². The molecule has 3 rings (SSSR count). The van der Waals surface area contributed by atoms with Gasteiger partial charge < -0.3 is 19.1 Å². The molecule has 0 aromatic heterocycles. The molecule has 26 heavy (non-hydrogen) atoms. The lowest BCUT2D eigenvalue weighted by atomic mass is 9.97. The van der Waals surface area contributed by atoms with E-state index in [0.717, 1.165) is 17.0 Å². The average Bonchev–Trinajstić information content (AvgIpc) is 2.65. The fourth-order valence-electron chi connectivity index (χ4n) is 2.71. The van der Waals surface area contributed by atoms with Crippen molar-refractivity contribution in [2.45, 2.75) is 26.6 Å². The molecule has 0 amide bonds. The summed E-state index contributed by atoms with van der Waals surface area (Å²) in [7, 11) is -3.36. The van der Waals surface area contributed by atoms with Gasteiger partial charge in [0.2, 0.25) is 0 Å². The largest absolute Gasteiger partial charge is 0.494 e. The van der Waals surface area contributed by atoms with Crippen LogP contribution in [0.2, 0.25) is 0 Å². The summed E-state index contributed by atoms with van der Waals surface area (Å²) in [5, 5.41) is 3.33. The molecule has 1 aliphatic heterocycles. The third-order valence-electron chi connectivity index (χ3n) is 4.17. The highest BCUT2D eigenvalue weighted by Gasteiger charge is 2.43. The summed E-state index contributed by atoms with van der Waals surface area (Å²) in [4.78, 5) is 0. The Hall–Kier alpha value is -1.81. The molecule has 0 radical (unpaired) electrons. The Kier molecular flexibility index (Phi) is 5.71. The molecule has 1 N–H and O–H groups in total. The number of hydrogen-bond donors (Lipinski definition) is 1. The highest BCUT2D eigenvalue weighted by Crippen LogP contribution is 2.63. The second-order valence-electron chi connectivity index (χ2n) is 7.17. The lowest BCUT2D eigenvalue weighted by Gasteiger charge is -2.38.